The van der Waals surface area contributed by atoms with Crippen molar-refractivity contribution in [3.8, 4) is 0 Å². The third kappa shape index (κ3) is 2.49. The van der Waals surface area contributed by atoms with Gasteiger partial charge in [-0.3, -0.25) is 9.69 Å². The Morgan fingerprint density at radius 3 is 2.65 bits per heavy atom. The Bertz CT molecular complexity index is 685. The minimum absolute atomic E-state index is 0.114. The molecule has 3 rings (SSSR count). The zero-order valence-corrected chi connectivity index (χ0v) is 12.0. The number of hydrogen-bond donors (Lipinski definition) is 1. The molecule has 0 spiro atoms. The van der Waals surface area contributed by atoms with E-state index in [1.165, 1.54) is 0 Å². The van der Waals surface area contributed by atoms with Gasteiger partial charge in [-0.1, -0.05) is 12.1 Å². The molecule has 4 heteroatoms. The maximum absolute atomic E-state index is 12.4. The maximum Gasteiger partial charge on any atom is 0.189 e. The summed E-state index contributed by atoms with van der Waals surface area (Å²) in [6.07, 6.45) is 0. The molecule has 2 aromatic rings. The number of aromatic nitrogens is 1. The molecule has 0 amide bonds. The van der Waals surface area contributed by atoms with Gasteiger partial charge in [0, 0.05) is 36.8 Å². The van der Waals surface area contributed by atoms with Crippen LogP contribution in [0.5, 0.6) is 0 Å². The number of nitrogens with one attached hydrogen (secondary N) is 1. The summed E-state index contributed by atoms with van der Waals surface area (Å²) in [6, 6.07) is 5.81. The molecule has 0 bridgehead atoms. The average Bonchev–Trinajstić information content (AvgIpc) is 2.44. The van der Waals surface area contributed by atoms with Crippen molar-refractivity contribution >= 4 is 10.9 Å². The Balaban J connectivity index is 2.01. The van der Waals surface area contributed by atoms with Gasteiger partial charge in [0.2, 0.25) is 0 Å². The van der Waals surface area contributed by atoms with Crippen LogP contribution in [-0.2, 0) is 11.3 Å². The largest absolute Gasteiger partial charge is 0.379 e. The number of morpholine rings is 1. The zero-order chi connectivity index (χ0) is 14.1. The van der Waals surface area contributed by atoms with Crippen molar-refractivity contribution in [2.45, 2.75) is 20.4 Å². The molecule has 1 aliphatic rings. The molecule has 1 aromatic heterocycles. The van der Waals surface area contributed by atoms with Crippen LogP contribution in [0.2, 0.25) is 0 Å². The Hall–Kier alpha value is -1.65. The number of nitrogens with zero attached hydrogens (tertiary/aromatic N) is 1. The molecule has 0 saturated carbocycles. The van der Waals surface area contributed by atoms with Crippen LogP contribution >= 0.6 is 0 Å². The molecule has 0 radical (unpaired) electrons. The van der Waals surface area contributed by atoms with Gasteiger partial charge < -0.3 is 9.72 Å². The third-order valence-electron chi connectivity index (χ3n) is 3.96. The molecule has 0 aliphatic carbocycles. The van der Waals surface area contributed by atoms with E-state index >= 15 is 0 Å². The van der Waals surface area contributed by atoms with Gasteiger partial charge >= 0.3 is 0 Å². The smallest absolute Gasteiger partial charge is 0.189 e. The number of H-pyrrole nitrogens is 1. The number of rotatable bonds is 2. The van der Waals surface area contributed by atoms with E-state index in [2.05, 4.69) is 16.0 Å². The third-order valence-corrected chi connectivity index (χ3v) is 3.96. The first-order valence-corrected chi connectivity index (χ1v) is 7.07. The molecule has 106 valence electrons. The molecule has 20 heavy (non-hydrogen) atoms. The highest BCUT2D eigenvalue weighted by Crippen LogP contribution is 2.18. The van der Waals surface area contributed by atoms with E-state index in [0.717, 1.165) is 60.6 Å². The molecular formula is C16H20N2O2. The van der Waals surface area contributed by atoms with E-state index in [9.17, 15) is 4.79 Å². The van der Waals surface area contributed by atoms with Crippen molar-refractivity contribution in [2.75, 3.05) is 26.3 Å². The fourth-order valence-electron chi connectivity index (χ4n) is 2.80. The van der Waals surface area contributed by atoms with Crippen molar-refractivity contribution in [2.24, 2.45) is 0 Å². The number of aryl methyl sites for hydroxylation is 2. The van der Waals surface area contributed by atoms with Crippen LogP contribution < -0.4 is 5.43 Å². The topological polar surface area (TPSA) is 45.3 Å². The van der Waals surface area contributed by atoms with Gasteiger partial charge in [0.1, 0.15) is 0 Å². The summed E-state index contributed by atoms with van der Waals surface area (Å²) < 4.78 is 5.35. The van der Waals surface area contributed by atoms with Gasteiger partial charge in [-0.05, 0) is 25.0 Å². The maximum atomic E-state index is 12.4. The van der Waals surface area contributed by atoms with Crippen LogP contribution in [0.3, 0.4) is 0 Å². The van der Waals surface area contributed by atoms with Crippen LogP contribution in [0.4, 0.5) is 0 Å². The number of aromatic amines is 1. The van der Waals surface area contributed by atoms with Gasteiger partial charge in [0.05, 0.1) is 18.7 Å². The molecule has 1 N–H and O–H groups in total. The first-order valence-electron chi connectivity index (χ1n) is 7.07. The lowest BCUT2D eigenvalue weighted by Crippen LogP contribution is -2.36. The van der Waals surface area contributed by atoms with E-state index in [4.69, 9.17) is 4.74 Å². The molecular weight excluding hydrogens is 252 g/mol. The highest BCUT2D eigenvalue weighted by Gasteiger charge is 2.13. The Kier molecular flexibility index (Phi) is 3.59. The highest BCUT2D eigenvalue weighted by molar-refractivity contribution is 5.84. The predicted molar refractivity (Wildman–Crippen MR) is 80.1 cm³/mol. The number of benzene rings is 1. The number of pyridine rings is 1. The lowest BCUT2D eigenvalue weighted by Gasteiger charge is -2.26. The molecule has 4 nitrogen and oxygen atoms in total. The quantitative estimate of drug-likeness (QED) is 0.909. The minimum Gasteiger partial charge on any atom is -0.379 e. The van der Waals surface area contributed by atoms with Crippen molar-refractivity contribution in [1.29, 1.82) is 0 Å². The van der Waals surface area contributed by atoms with Gasteiger partial charge in [0.25, 0.3) is 0 Å². The summed E-state index contributed by atoms with van der Waals surface area (Å²) in [6.45, 7) is 8.20. The first kappa shape index (κ1) is 13.3. The van der Waals surface area contributed by atoms with E-state index in [1.54, 1.807) is 6.07 Å². The molecule has 1 saturated heterocycles. The van der Waals surface area contributed by atoms with Crippen molar-refractivity contribution < 1.29 is 4.74 Å². The van der Waals surface area contributed by atoms with Crippen LogP contribution in [-0.4, -0.2) is 36.2 Å². The molecule has 1 aliphatic heterocycles. The minimum atomic E-state index is 0.114. The van der Waals surface area contributed by atoms with E-state index in [1.807, 2.05) is 19.9 Å². The van der Waals surface area contributed by atoms with Gasteiger partial charge in [-0.25, -0.2) is 0 Å². The molecule has 2 heterocycles. The van der Waals surface area contributed by atoms with Gasteiger partial charge in [-0.2, -0.15) is 0 Å². The standard InChI is InChI=1S/C16H20N2O2/c1-11-3-4-12(2)16-15(11)14(19)9-13(17-16)10-18-5-7-20-8-6-18/h3-4,9H,5-8,10H2,1-2H3,(H,17,19). The second kappa shape index (κ2) is 5.38. The molecule has 0 unspecified atom stereocenters. The van der Waals surface area contributed by atoms with Crippen molar-refractivity contribution in [3.05, 3.63) is 45.2 Å². The zero-order valence-electron chi connectivity index (χ0n) is 12.0. The number of ether oxygens (including phenoxy) is 1. The highest BCUT2D eigenvalue weighted by atomic mass is 16.5. The van der Waals surface area contributed by atoms with Crippen LogP contribution in [0.25, 0.3) is 10.9 Å². The summed E-state index contributed by atoms with van der Waals surface area (Å²) >= 11 is 0. The Morgan fingerprint density at radius 1 is 1.20 bits per heavy atom. The summed E-state index contributed by atoms with van der Waals surface area (Å²) in [4.78, 5) is 18.1. The fourth-order valence-corrected chi connectivity index (χ4v) is 2.80. The fraction of sp³-hybridized carbons (Fsp3) is 0.438. The van der Waals surface area contributed by atoms with Crippen molar-refractivity contribution in [1.82, 2.24) is 9.88 Å². The normalized spacial score (nSPS) is 16.7. The molecule has 1 fully saturated rings. The van der Waals surface area contributed by atoms with Gasteiger partial charge in [0.15, 0.2) is 5.43 Å². The predicted octanol–water partition coefficient (Wildman–Crippen LogP) is 1.98. The lowest BCUT2D eigenvalue weighted by molar-refractivity contribution is 0.0337. The van der Waals surface area contributed by atoms with Crippen LogP contribution in [0.1, 0.15) is 16.8 Å². The number of hydrogen-bond acceptors (Lipinski definition) is 3. The van der Waals surface area contributed by atoms with Crippen molar-refractivity contribution in [3.63, 3.8) is 0 Å². The first-order chi connectivity index (χ1) is 9.65. The monoisotopic (exact) mass is 272 g/mol. The number of fused-ring (bicyclic) bond motifs is 1. The second-order valence-corrected chi connectivity index (χ2v) is 5.50. The summed E-state index contributed by atoms with van der Waals surface area (Å²) in [5, 5.41) is 0.815. The Morgan fingerprint density at radius 2 is 1.90 bits per heavy atom. The van der Waals surface area contributed by atoms with Crippen LogP contribution in [0.15, 0.2) is 23.0 Å². The molecule has 1 aromatic carbocycles. The SMILES string of the molecule is Cc1ccc(C)c2c(=O)cc(CN3CCOCC3)[nH]c12. The second-order valence-electron chi connectivity index (χ2n) is 5.50. The lowest BCUT2D eigenvalue weighted by atomic mass is 10.0. The average molecular weight is 272 g/mol. The van der Waals surface area contributed by atoms with E-state index in [0.29, 0.717) is 0 Å². The summed E-state index contributed by atoms with van der Waals surface area (Å²) in [7, 11) is 0. The summed E-state index contributed by atoms with van der Waals surface area (Å²) in [5.74, 6) is 0. The van der Waals surface area contributed by atoms with E-state index in [-0.39, 0.29) is 5.43 Å². The van der Waals surface area contributed by atoms with Gasteiger partial charge in [-0.15, -0.1) is 0 Å². The summed E-state index contributed by atoms with van der Waals surface area (Å²) in [5.41, 5.74) is 4.22. The van der Waals surface area contributed by atoms with Crippen LogP contribution in [0, 0.1) is 13.8 Å². The molecule has 0 atom stereocenters. The van der Waals surface area contributed by atoms with E-state index < -0.39 is 0 Å². The Labute approximate surface area is 118 Å².